The molecule has 2 atom stereocenters. The molecule has 0 heterocycles. The fourth-order valence-electron chi connectivity index (χ4n) is 2.46. The van der Waals surface area contributed by atoms with Crippen LogP contribution in [0.15, 0.2) is 24.3 Å². The Labute approximate surface area is 149 Å². The number of hydrogen-bond donors (Lipinski definition) is 2. The summed E-state index contributed by atoms with van der Waals surface area (Å²) in [6.07, 6.45) is 0.408. The molecule has 1 aromatic carbocycles. The molecular weight excluding hydrogens is 322 g/mol. The van der Waals surface area contributed by atoms with Gasteiger partial charge in [0.05, 0.1) is 12.7 Å². The smallest absolute Gasteiger partial charge is 0.326 e. The second kappa shape index (κ2) is 9.42. The molecule has 0 aliphatic rings. The summed E-state index contributed by atoms with van der Waals surface area (Å²) < 4.78 is 10.9. The number of aliphatic carboxylic acids is 1. The number of carbonyl (C=O) groups is 2. The number of ether oxygens (including phenoxy) is 2. The van der Waals surface area contributed by atoms with E-state index in [9.17, 15) is 14.7 Å². The van der Waals surface area contributed by atoms with E-state index >= 15 is 0 Å². The molecule has 1 amide bonds. The molecule has 0 spiro atoms. The molecule has 25 heavy (non-hydrogen) atoms. The Morgan fingerprint density at radius 1 is 1.24 bits per heavy atom. The van der Waals surface area contributed by atoms with Crippen LogP contribution in [0.1, 0.15) is 52.0 Å². The lowest BCUT2D eigenvalue weighted by Crippen LogP contribution is -2.42. The molecule has 0 radical (unpaired) electrons. The predicted octanol–water partition coefficient (Wildman–Crippen LogP) is 2.96. The van der Waals surface area contributed by atoms with E-state index in [2.05, 4.69) is 5.32 Å². The highest BCUT2D eigenvalue weighted by Crippen LogP contribution is 2.28. The van der Waals surface area contributed by atoms with Crippen molar-refractivity contribution in [3.05, 3.63) is 29.8 Å². The van der Waals surface area contributed by atoms with Gasteiger partial charge in [0.15, 0.2) is 0 Å². The second-order valence-corrected chi connectivity index (χ2v) is 7.05. The van der Waals surface area contributed by atoms with Gasteiger partial charge in [0, 0.05) is 19.4 Å². The van der Waals surface area contributed by atoms with Crippen LogP contribution in [0.2, 0.25) is 0 Å². The fourth-order valence-corrected chi connectivity index (χ4v) is 2.46. The lowest BCUT2D eigenvalue weighted by molar-refractivity contribution is -0.142. The number of hydrogen-bond acceptors (Lipinski definition) is 4. The maximum absolute atomic E-state index is 12.2. The molecule has 0 aromatic heterocycles. The van der Waals surface area contributed by atoms with Crippen molar-refractivity contribution in [2.24, 2.45) is 0 Å². The van der Waals surface area contributed by atoms with E-state index in [1.807, 2.05) is 52.0 Å². The summed E-state index contributed by atoms with van der Waals surface area (Å²) >= 11 is 0. The summed E-state index contributed by atoms with van der Waals surface area (Å²) in [4.78, 5) is 23.6. The summed E-state index contributed by atoms with van der Waals surface area (Å²) in [5.41, 5.74) is 0.578. The van der Waals surface area contributed by atoms with Crippen LogP contribution < -0.4 is 10.1 Å². The number of methoxy groups -OCH3 is 1. The Morgan fingerprint density at radius 2 is 1.88 bits per heavy atom. The molecule has 6 heteroatoms. The zero-order chi connectivity index (χ0) is 19.0. The molecule has 2 N–H and O–H groups in total. The summed E-state index contributed by atoms with van der Waals surface area (Å²) in [5.74, 6) is -0.732. The van der Waals surface area contributed by atoms with Crippen LogP contribution in [-0.2, 0) is 14.3 Å². The third kappa shape index (κ3) is 7.56. The lowest BCUT2D eigenvalue weighted by Gasteiger charge is -2.22. The molecule has 0 saturated heterocycles. The first-order valence-corrected chi connectivity index (χ1v) is 8.43. The SMILES string of the molecule is COc1ccccc1C(C)CC(=O)NC(CCOC(C)(C)C)C(=O)O. The van der Waals surface area contributed by atoms with Crippen LogP contribution in [0.5, 0.6) is 5.75 Å². The van der Waals surface area contributed by atoms with Crippen molar-refractivity contribution < 1.29 is 24.2 Å². The number of rotatable bonds is 9. The molecule has 0 bridgehead atoms. The number of benzene rings is 1. The first-order chi connectivity index (χ1) is 11.6. The molecule has 6 nitrogen and oxygen atoms in total. The molecule has 2 unspecified atom stereocenters. The van der Waals surface area contributed by atoms with E-state index in [0.29, 0.717) is 0 Å². The Kier molecular flexibility index (Phi) is 7.90. The van der Waals surface area contributed by atoms with E-state index in [1.165, 1.54) is 0 Å². The summed E-state index contributed by atoms with van der Waals surface area (Å²) in [6, 6.07) is 6.54. The van der Waals surface area contributed by atoms with Gasteiger partial charge in [0.2, 0.25) is 5.91 Å². The maximum atomic E-state index is 12.2. The van der Waals surface area contributed by atoms with Crippen LogP contribution in [0.4, 0.5) is 0 Å². The van der Waals surface area contributed by atoms with Gasteiger partial charge in [-0.1, -0.05) is 25.1 Å². The largest absolute Gasteiger partial charge is 0.496 e. The van der Waals surface area contributed by atoms with E-state index < -0.39 is 12.0 Å². The van der Waals surface area contributed by atoms with Crippen LogP contribution in [0.25, 0.3) is 0 Å². The third-order valence-electron chi connectivity index (χ3n) is 3.74. The topological polar surface area (TPSA) is 84.9 Å². The Hall–Kier alpha value is -2.08. The molecular formula is C19H29NO5. The number of carboxylic acids is 1. The highest BCUT2D eigenvalue weighted by atomic mass is 16.5. The first kappa shape index (κ1) is 21.0. The van der Waals surface area contributed by atoms with Crippen molar-refractivity contribution in [3.63, 3.8) is 0 Å². The molecule has 1 rings (SSSR count). The Bertz CT molecular complexity index is 579. The Balaban J connectivity index is 2.61. The van der Waals surface area contributed by atoms with E-state index in [4.69, 9.17) is 9.47 Å². The fraction of sp³-hybridized carbons (Fsp3) is 0.579. The van der Waals surface area contributed by atoms with Crippen molar-refractivity contribution >= 4 is 11.9 Å². The van der Waals surface area contributed by atoms with Gasteiger partial charge in [0.1, 0.15) is 11.8 Å². The number of amides is 1. The molecule has 0 saturated carbocycles. The summed E-state index contributed by atoms with van der Waals surface area (Å²) in [5, 5.41) is 11.9. The number of carboxylic acid groups (broad SMARTS) is 1. The van der Waals surface area contributed by atoms with E-state index in [-0.39, 0.29) is 36.9 Å². The van der Waals surface area contributed by atoms with Crippen molar-refractivity contribution in [1.29, 1.82) is 0 Å². The van der Waals surface area contributed by atoms with Gasteiger partial charge in [0.25, 0.3) is 0 Å². The van der Waals surface area contributed by atoms with Crippen molar-refractivity contribution in [3.8, 4) is 5.75 Å². The highest BCUT2D eigenvalue weighted by Gasteiger charge is 2.23. The van der Waals surface area contributed by atoms with Crippen molar-refractivity contribution in [2.45, 2.75) is 58.1 Å². The normalized spacial score (nSPS) is 13.8. The van der Waals surface area contributed by atoms with Gasteiger partial charge in [-0.05, 0) is 38.3 Å². The van der Waals surface area contributed by atoms with Crippen molar-refractivity contribution in [1.82, 2.24) is 5.32 Å². The van der Waals surface area contributed by atoms with Gasteiger partial charge in [-0.25, -0.2) is 4.79 Å². The van der Waals surface area contributed by atoms with Gasteiger partial charge in [-0.2, -0.15) is 0 Å². The summed E-state index contributed by atoms with van der Waals surface area (Å²) in [7, 11) is 1.58. The number of para-hydroxylation sites is 1. The molecule has 0 fully saturated rings. The zero-order valence-electron chi connectivity index (χ0n) is 15.7. The zero-order valence-corrected chi connectivity index (χ0v) is 15.7. The van der Waals surface area contributed by atoms with Crippen LogP contribution >= 0.6 is 0 Å². The van der Waals surface area contributed by atoms with Gasteiger partial charge < -0.3 is 19.9 Å². The maximum Gasteiger partial charge on any atom is 0.326 e. The van der Waals surface area contributed by atoms with Gasteiger partial charge >= 0.3 is 5.97 Å². The minimum atomic E-state index is -1.06. The Morgan fingerprint density at radius 3 is 2.44 bits per heavy atom. The number of carbonyl (C=O) groups excluding carboxylic acids is 1. The molecule has 0 aliphatic heterocycles. The third-order valence-corrected chi connectivity index (χ3v) is 3.74. The van der Waals surface area contributed by atoms with Crippen molar-refractivity contribution in [2.75, 3.05) is 13.7 Å². The average molecular weight is 351 g/mol. The summed E-state index contributed by atoms with van der Waals surface area (Å²) in [6.45, 7) is 7.88. The molecule has 0 aliphatic carbocycles. The lowest BCUT2D eigenvalue weighted by atomic mass is 9.96. The van der Waals surface area contributed by atoms with E-state index in [0.717, 1.165) is 11.3 Å². The molecule has 140 valence electrons. The minimum Gasteiger partial charge on any atom is -0.496 e. The average Bonchev–Trinajstić information content (AvgIpc) is 2.52. The first-order valence-electron chi connectivity index (χ1n) is 8.43. The number of nitrogens with one attached hydrogen (secondary N) is 1. The minimum absolute atomic E-state index is 0.0866. The van der Waals surface area contributed by atoms with Gasteiger partial charge in [-0.15, -0.1) is 0 Å². The monoisotopic (exact) mass is 351 g/mol. The predicted molar refractivity (Wildman–Crippen MR) is 95.9 cm³/mol. The van der Waals surface area contributed by atoms with Crippen LogP contribution in [0.3, 0.4) is 0 Å². The van der Waals surface area contributed by atoms with Gasteiger partial charge in [-0.3, -0.25) is 4.79 Å². The highest BCUT2D eigenvalue weighted by molar-refractivity contribution is 5.84. The second-order valence-electron chi connectivity index (χ2n) is 7.05. The quantitative estimate of drug-likeness (QED) is 0.714. The molecule has 1 aromatic rings. The standard InChI is InChI=1S/C19H29NO5/c1-13(14-8-6-7-9-16(14)24-5)12-17(21)20-15(18(22)23)10-11-25-19(2,3)4/h6-9,13,15H,10-12H2,1-5H3,(H,20,21)(H,22,23). The van der Waals surface area contributed by atoms with Crippen LogP contribution in [-0.4, -0.2) is 42.3 Å². The van der Waals surface area contributed by atoms with E-state index in [1.54, 1.807) is 7.11 Å². The van der Waals surface area contributed by atoms with Crippen LogP contribution in [0, 0.1) is 0 Å².